The van der Waals surface area contributed by atoms with Crippen molar-refractivity contribution in [1.29, 1.82) is 0 Å². The lowest BCUT2D eigenvalue weighted by Gasteiger charge is -2.20. The van der Waals surface area contributed by atoms with Crippen LogP contribution in [0.25, 0.3) is 0 Å². The molecule has 1 aliphatic rings. The molecule has 1 saturated carbocycles. The first-order chi connectivity index (χ1) is 11.8. The van der Waals surface area contributed by atoms with Gasteiger partial charge >= 0.3 is 5.03 Å². The van der Waals surface area contributed by atoms with Crippen LogP contribution in [0.3, 0.4) is 0 Å². The largest absolute Gasteiger partial charge is 0.386 e. The van der Waals surface area contributed by atoms with Crippen molar-refractivity contribution in [2.75, 3.05) is 0 Å². The fourth-order valence-corrected chi connectivity index (χ4v) is 6.09. The normalized spacial score (nSPS) is 16.6. The smallest absolute Gasteiger partial charge is 0.222 e. The molecule has 1 aliphatic carbocycles. The number of sulfone groups is 2. The van der Waals surface area contributed by atoms with Gasteiger partial charge < -0.3 is 0 Å². The molecule has 1 fully saturated rings. The maximum Gasteiger partial charge on any atom is 0.386 e. The molecule has 1 aromatic heterocycles. The average Bonchev–Trinajstić information content (AvgIpc) is 2.63. The number of nitrogens with one attached hydrogen (secondary N) is 1. The van der Waals surface area contributed by atoms with Crippen LogP contribution in [-0.2, 0) is 19.7 Å². The minimum absolute atomic E-state index is 0.0119. The van der Waals surface area contributed by atoms with E-state index in [1.165, 1.54) is 12.1 Å². The Morgan fingerprint density at radius 3 is 2.12 bits per heavy atom. The Kier molecular flexibility index (Phi) is 4.79. The molecule has 1 aromatic carbocycles. The lowest BCUT2D eigenvalue weighted by atomic mass is 10.0. The molecule has 25 heavy (non-hydrogen) atoms. The van der Waals surface area contributed by atoms with Gasteiger partial charge in [0.15, 0.2) is 9.57 Å². The summed E-state index contributed by atoms with van der Waals surface area (Å²) in [5.74, 6) is 0. The molecular formula is C16H19N2O5S2+. The van der Waals surface area contributed by atoms with Gasteiger partial charge in [-0.2, -0.15) is 0 Å². The monoisotopic (exact) mass is 383 g/mol. The zero-order chi connectivity index (χ0) is 18.1. The summed E-state index contributed by atoms with van der Waals surface area (Å²) >= 11 is 0. The van der Waals surface area contributed by atoms with E-state index in [0.717, 1.165) is 31.4 Å². The standard InChI is InChI=1S/C16H19N2O5S2/c19-18-16(25(22,23)14-9-5-2-6-10-14)12-11-15(17-18)24(20,21)13-7-3-1-4-8-13/h2,5-6,9-13H,1,3-4,7-8H2,(H,17,19)/q+1. The highest BCUT2D eigenvalue weighted by molar-refractivity contribution is 7.92. The number of benzene rings is 1. The highest BCUT2D eigenvalue weighted by atomic mass is 32.2. The Labute approximate surface area is 146 Å². The summed E-state index contributed by atoms with van der Waals surface area (Å²) in [5, 5.41) is 0.861. The fraction of sp³-hybridized carbons (Fsp3) is 0.375. The molecule has 2 aromatic rings. The van der Waals surface area contributed by atoms with E-state index in [1.807, 2.05) is 0 Å². The van der Waals surface area contributed by atoms with E-state index < -0.39 is 30.0 Å². The summed E-state index contributed by atoms with van der Waals surface area (Å²) in [4.78, 5) is 12.2. The van der Waals surface area contributed by atoms with Crippen molar-refractivity contribution in [1.82, 2.24) is 5.10 Å². The molecule has 3 rings (SSSR count). The number of hydrogen-bond acceptors (Lipinski definition) is 5. The molecule has 9 heteroatoms. The van der Waals surface area contributed by atoms with Crippen molar-refractivity contribution in [2.24, 2.45) is 0 Å². The van der Waals surface area contributed by atoms with Crippen molar-refractivity contribution in [3.8, 4) is 0 Å². The number of aromatic nitrogens is 2. The summed E-state index contributed by atoms with van der Waals surface area (Å²) in [7, 11) is -7.72. The van der Waals surface area contributed by atoms with Crippen molar-refractivity contribution < 1.29 is 21.4 Å². The molecule has 1 heterocycles. The van der Waals surface area contributed by atoms with Gasteiger partial charge in [0, 0.05) is 6.07 Å². The highest BCUT2D eigenvalue weighted by Gasteiger charge is 2.34. The summed E-state index contributed by atoms with van der Waals surface area (Å²) in [6.07, 6.45) is 3.78. The molecule has 0 spiro atoms. The van der Waals surface area contributed by atoms with Crippen LogP contribution in [0.2, 0.25) is 0 Å². The van der Waals surface area contributed by atoms with Gasteiger partial charge in [-0.3, -0.25) is 0 Å². The third kappa shape index (κ3) is 3.38. The summed E-state index contributed by atoms with van der Waals surface area (Å²) in [6.45, 7) is 0. The molecule has 7 nitrogen and oxygen atoms in total. The van der Waals surface area contributed by atoms with Crippen molar-refractivity contribution in [3.63, 3.8) is 0 Å². The quantitative estimate of drug-likeness (QED) is 0.811. The number of nitrogens with zero attached hydrogens (tertiary/aromatic N) is 1. The number of aromatic amines is 1. The molecule has 0 unspecified atom stereocenters. The summed E-state index contributed by atoms with van der Waals surface area (Å²) in [6, 6.07) is 9.72. The van der Waals surface area contributed by atoms with Crippen molar-refractivity contribution in [2.45, 2.75) is 52.3 Å². The van der Waals surface area contributed by atoms with E-state index in [4.69, 9.17) is 0 Å². The topological polar surface area (TPSA) is 107 Å². The second-order valence-corrected chi connectivity index (χ2v) is 10.2. The van der Waals surface area contributed by atoms with Crippen LogP contribution in [0.5, 0.6) is 0 Å². The molecule has 0 radical (unpaired) electrons. The zero-order valence-electron chi connectivity index (χ0n) is 13.5. The predicted molar refractivity (Wildman–Crippen MR) is 90.1 cm³/mol. The first-order valence-electron chi connectivity index (χ1n) is 8.03. The molecule has 0 bridgehead atoms. The average molecular weight is 383 g/mol. The maximum atomic E-state index is 12.6. The van der Waals surface area contributed by atoms with E-state index >= 15 is 0 Å². The molecule has 0 amide bonds. The van der Waals surface area contributed by atoms with Gasteiger partial charge in [0.2, 0.25) is 9.84 Å². The summed E-state index contributed by atoms with van der Waals surface area (Å²) < 4.78 is 50.3. The Morgan fingerprint density at radius 1 is 0.880 bits per heavy atom. The number of H-pyrrole nitrogens is 1. The SMILES string of the molecule is O=[n+]1[nH]c(S(=O)(=O)C2CCCCC2)ccc1S(=O)(=O)c1ccccc1. The van der Waals surface area contributed by atoms with Crippen LogP contribution >= 0.6 is 0 Å². The van der Waals surface area contributed by atoms with E-state index in [-0.39, 0.29) is 14.5 Å². The fourth-order valence-electron chi connectivity index (χ4n) is 3.04. The van der Waals surface area contributed by atoms with Gasteiger partial charge in [0.25, 0.3) is 9.84 Å². The lowest BCUT2D eigenvalue weighted by molar-refractivity contribution is -0.610. The van der Waals surface area contributed by atoms with Gasteiger partial charge in [-0.05, 0) is 31.0 Å². The van der Waals surface area contributed by atoms with Gasteiger partial charge in [-0.15, -0.1) is 5.10 Å². The minimum Gasteiger partial charge on any atom is -0.222 e. The molecule has 0 saturated heterocycles. The first-order valence-corrected chi connectivity index (χ1v) is 11.1. The molecular weight excluding hydrogens is 364 g/mol. The van der Waals surface area contributed by atoms with Crippen molar-refractivity contribution in [3.05, 3.63) is 47.4 Å². The van der Waals surface area contributed by atoms with Crippen LogP contribution in [-0.4, -0.2) is 27.2 Å². The van der Waals surface area contributed by atoms with Gasteiger partial charge in [-0.25, -0.2) is 16.8 Å². The van der Waals surface area contributed by atoms with E-state index in [1.54, 1.807) is 18.2 Å². The minimum atomic E-state index is -4.03. The number of rotatable bonds is 4. The number of hydrogen-bond donors (Lipinski definition) is 1. The third-order valence-corrected chi connectivity index (χ3v) is 8.35. The Balaban J connectivity index is 2.01. The van der Waals surface area contributed by atoms with Gasteiger partial charge in [0.1, 0.15) is 0 Å². The summed E-state index contributed by atoms with van der Waals surface area (Å²) in [5.41, 5.74) is 0. The second-order valence-electron chi connectivity index (χ2n) is 6.06. The van der Waals surface area contributed by atoms with Crippen LogP contribution in [0.1, 0.15) is 32.1 Å². The molecule has 134 valence electrons. The van der Waals surface area contributed by atoms with Crippen LogP contribution in [0.15, 0.2) is 57.4 Å². The second kappa shape index (κ2) is 6.72. The van der Waals surface area contributed by atoms with Crippen LogP contribution in [0.4, 0.5) is 0 Å². The molecule has 1 N–H and O–H groups in total. The Bertz CT molecular complexity index is 1020. The first kappa shape index (κ1) is 17.8. The molecule has 0 atom stereocenters. The van der Waals surface area contributed by atoms with Crippen LogP contribution < -0.4 is 4.54 Å². The van der Waals surface area contributed by atoms with Gasteiger partial charge in [-0.1, -0.05) is 37.5 Å². The third-order valence-electron chi connectivity index (χ3n) is 4.42. The van der Waals surface area contributed by atoms with Crippen LogP contribution in [0, 0.1) is 4.91 Å². The maximum absolute atomic E-state index is 12.6. The zero-order valence-corrected chi connectivity index (χ0v) is 15.1. The van der Waals surface area contributed by atoms with E-state index in [2.05, 4.69) is 5.10 Å². The van der Waals surface area contributed by atoms with E-state index in [9.17, 15) is 21.7 Å². The predicted octanol–water partition coefficient (Wildman–Crippen LogP) is 1.87. The van der Waals surface area contributed by atoms with E-state index in [0.29, 0.717) is 12.8 Å². The Morgan fingerprint density at radius 2 is 1.52 bits per heavy atom. The Hall–Kier alpha value is -2.00. The van der Waals surface area contributed by atoms with Gasteiger partial charge in [0.05, 0.1) is 15.1 Å². The molecule has 0 aliphatic heterocycles. The lowest BCUT2D eigenvalue weighted by Crippen LogP contribution is -2.33. The highest BCUT2D eigenvalue weighted by Crippen LogP contribution is 2.27. The van der Waals surface area contributed by atoms with Crippen molar-refractivity contribution >= 4 is 19.7 Å².